The van der Waals surface area contributed by atoms with Crippen molar-refractivity contribution in [3.8, 4) is 11.4 Å². The highest BCUT2D eigenvalue weighted by molar-refractivity contribution is 5.96. The average molecular weight is 357 g/mol. The van der Waals surface area contributed by atoms with Crippen LogP contribution in [0.15, 0.2) is 48.5 Å². The number of nitrogens with zero attached hydrogens (tertiary/aromatic N) is 1. The van der Waals surface area contributed by atoms with Gasteiger partial charge in [0.25, 0.3) is 0 Å². The van der Waals surface area contributed by atoms with Crippen LogP contribution >= 0.6 is 12.4 Å². The van der Waals surface area contributed by atoms with Gasteiger partial charge in [-0.05, 0) is 43.3 Å². The second-order valence-electron chi connectivity index (χ2n) is 6.34. The Kier molecular flexibility index (Phi) is 5.06. The van der Waals surface area contributed by atoms with Gasteiger partial charge in [0.2, 0.25) is 5.91 Å². The summed E-state index contributed by atoms with van der Waals surface area (Å²) < 4.78 is 0. The zero-order valence-corrected chi connectivity index (χ0v) is 14.8. The van der Waals surface area contributed by atoms with Crippen LogP contribution in [0, 0.1) is 11.8 Å². The largest absolute Gasteiger partial charge is 0.338 e. The second-order valence-corrected chi connectivity index (χ2v) is 6.34. The van der Waals surface area contributed by atoms with E-state index in [1.165, 1.54) is 0 Å². The van der Waals surface area contributed by atoms with E-state index < -0.39 is 0 Å². The summed E-state index contributed by atoms with van der Waals surface area (Å²) in [6, 6.07) is 15.7. The number of nitrogens with one attached hydrogen (secondary N) is 3. The van der Waals surface area contributed by atoms with E-state index in [0.29, 0.717) is 5.92 Å². The van der Waals surface area contributed by atoms with Crippen LogP contribution in [0.1, 0.15) is 6.92 Å². The number of imidazole rings is 1. The molecule has 1 atom stereocenters. The van der Waals surface area contributed by atoms with Crippen molar-refractivity contribution >= 4 is 35.0 Å². The van der Waals surface area contributed by atoms with E-state index in [9.17, 15) is 4.79 Å². The molecule has 2 heterocycles. The second kappa shape index (κ2) is 7.25. The third-order valence-corrected chi connectivity index (χ3v) is 4.76. The molecule has 5 nitrogen and oxygen atoms in total. The number of aromatic nitrogens is 2. The van der Waals surface area contributed by atoms with Gasteiger partial charge < -0.3 is 15.6 Å². The van der Waals surface area contributed by atoms with Gasteiger partial charge in [-0.15, -0.1) is 12.4 Å². The van der Waals surface area contributed by atoms with Crippen molar-refractivity contribution < 1.29 is 4.79 Å². The maximum atomic E-state index is 12.5. The predicted molar refractivity (Wildman–Crippen MR) is 103 cm³/mol. The fourth-order valence-electron chi connectivity index (χ4n) is 3.00. The molecule has 25 heavy (non-hydrogen) atoms. The normalized spacial score (nSPS) is 15.2. The van der Waals surface area contributed by atoms with Crippen molar-refractivity contribution in [3.63, 3.8) is 0 Å². The molecule has 1 amide bonds. The maximum absolute atomic E-state index is 12.5. The minimum absolute atomic E-state index is 0. The van der Waals surface area contributed by atoms with Gasteiger partial charge in [0.1, 0.15) is 5.82 Å². The summed E-state index contributed by atoms with van der Waals surface area (Å²) in [5.41, 5.74) is 3.60. The number of anilines is 1. The van der Waals surface area contributed by atoms with Crippen LogP contribution < -0.4 is 10.6 Å². The van der Waals surface area contributed by atoms with E-state index in [2.05, 4.69) is 20.6 Å². The molecule has 3 N–H and O–H groups in total. The molecule has 0 saturated carbocycles. The summed E-state index contributed by atoms with van der Waals surface area (Å²) >= 11 is 0. The maximum Gasteiger partial charge on any atom is 0.227 e. The number of para-hydroxylation sites is 3. The number of aromatic amines is 1. The van der Waals surface area contributed by atoms with E-state index in [-0.39, 0.29) is 24.2 Å². The zero-order chi connectivity index (χ0) is 16.5. The van der Waals surface area contributed by atoms with Gasteiger partial charge in [-0.2, -0.15) is 0 Å². The predicted octanol–water partition coefficient (Wildman–Crippen LogP) is 3.45. The minimum atomic E-state index is -0.00465. The van der Waals surface area contributed by atoms with Crippen LogP contribution in [0.5, 0.6) is 0 Å². The Bertz CT molecular complexity index is 855. The highest BCUT2D eigenvalue weighted by atomic mass is 35.5. The van der Waals surface area contributed by atoms with Crippen molar-refractivity contribution in [1.29, 1.82) is 0 Å². The Balaban J connectivity index is 0.00000182. The van der Waals surface area contributed by atoms with Gasteiger partial charge >= 0.3 is 0 Å². The monoisotopic (exact) mass is 356 g/mol. The van der Waals surface area contributed by atoms with Crippen LogP contribution in [0.4, 0.5) is 5.69 Å². The van der Waals surface area contributed by atoms with E-state index in [0.717, 1.165) is 41.2 Å². The molecule has 1 aromatic heterocycles. The number of fused-ring (bicyclic) bond motifs is 1. The Morgan fingerprint density at radius 1 is 1.16 bits per heavy atom. The summed E-state index contributed by atoms with van der Waals surface area (Å²) in [5, 5.41) is 6.29. The average Bonchev–Trinajstić information content (AvgIpc) is 2.97. The molecule has 130 valence electrons. The Morgan fingerprint density at radius 2 is 1.88 bits per heavy atom. The van der Waals surface area contributed by atoms with Crippen LogP contribution in [0.25, 0.3) is 22.4 Å². The zero-order valence-electron chi connectivity index (χ0n) is 14.0. The van der Waals surface area contributed by atoms with E-state index in [1.807, 2.05) is 55.5 Å². The number of hydrogen-bond donors (Lipinski definition) is 3. The molecule has 1 fully saturated rings. The van der Waals surface area contributed by atoms with Crippen LogP contribution in [-0.4, -0.2) is 29.0 Å². The lowest BCUT2D eigenvalue weighted by molar-refractivity contribution is -0.121. The highest BCUT2D eigenvalue weighted by Crippen LogP contribution is 2.28. The first-order valence-electron chi connectivity index (χ1n) is 8.28. The van der Waals surface area contributed by atoms with Gasteiger partial charge in [-0.3, -0.25) is 4.79 Å². The quantitative estimate of drug-likeness (QED) is 0.670. The summed E-state index contributed by atoms with van der Waals surface area (Å²) in [6.07, 6.45) is 0. The van der Waals surface area contributed by atoms with Crippen molar-refractivity contribution in [2.75, 3.05) is 18.4 Å². The third-order valence-electron chi connectivity index (χ3n) is 4.76. The van der Waals surface area contributed by atoms with Crippen LogP contribution in [0.2, 0.25) is 0 Å². The van der Waals surface area contributed by atoms with E-state index in [4.69, 9.17) is 0 Å². The molecular formula is C19H21ClN4O. The van der Waals surface area contributed by atoms with Crippen LogP contribution in [-0.2, 0) is 4.79 Å². The summed E-state index contributed by atoms with van der Waals surface area (Å²) in [6.45, 7) is 3.82. The fourth-order valence-corrected chi connectivity index (χ4v) is 3.00. The van der Waals surface area contributed by atoms with Crippen molar-refractivity contribution in [2.24, 2.45) is 11.8 Å². The Labute approximate surface area is 152 Å². The lowest BCUT2D eigenvalue weighted by Crippen LogP contribution is -2.48. The first kappa shape index (κ1) is 17.5. The number of H-pyrrole nitrogens is 1. The van der Waals surface area contributed by atoms with Crippen molar-refractivity contribution in [1.82, 2.24) is 15.3 Å². The topological polar surface area (TPSA) is 69.8 Å². The minimum Gasteiger partial charge on any atom is -0.338 e. The first-order valence-corrected chi connectivity index (χ1v) is 8.28. The smallest absolute Gasteiger partial charge is 0.227 e. The summed E-state index contributed by atoms with van der Waals surface area (Å²) in [7, 11) is 0. The number of carbonyl (C=O) groups is 1. The summed E-state index contributed by atoms with van der Waals surface area (Å²) in [5.74, 6) is 1.24. The first-order chi connectivity index (χ1) is 11.7. The molecule has 1 aliphatic rings. The van der Waals surface area contributed by atoms with Crippen molar-refractivity contribution in [3.05, 3.63) is 48.5 Å². The molecule has 0 aliphatic carbocycles. The number of carbonyl (C=O) groups excluding carboxylic acids is 1. The number of rotatable bonds is 4. The van der Waals surface area contributed by atoms with Gasteiger partial charge in [-0.1, -0.05) is 31.2 Å². The lowest BCUT2D eigenvalue weighted by Gasteiger charge is -2.31. The van der Waals surface area contributed by atoms with E-state index >= 15 is 0 Å². The SMILES string of the molecule is CC(C(=O)Nc1ccccc1-c1nc2ccccc2[nH]1)C1CNC1.Cl. The molecule has 1 unspecified atom stereocenters. The lowest BCUT2D eigenvalue weighted by atomic mass is 9.88. The molecule has 6 heteroatoms. The highest BCUT2D eigenvalue weighted by Gasteiger charge is 2.29. The Hall–Kier alpha value is -2.37. The van der Waals surface area contributed by atoms with Gasteiger partial charge in [0.15, 0.2) is 0 Å². The molecule has 1 aliphatic heterocycles. The standard InChI is InChI=1S/C19H20N4O.ClH/c1-12(13-10-20-11-13)19(24)23-15-7-3-2-6-14(15)18-21-16-8-4-5-9-17(16)22-18;/h2-9,12-13,20H,10-11H2,1H3,(H,21,22)(H,23,24);1H. The van der Waals surface area contributed by atoms with Crippen molar-refractivity contribution in [2.45, 2.75) is 6.92 Å². The van der Waals surface area contributed by atoms with Gasteiger partial charge in [0, 0.05) is 11.5 Å². The molecular weight excluding hydrogens is 336 g/mol. The fraction of sp³-hybridized carbons (Fsp3) is 0.263. The molecule has 0 spiro atoms. The molecule has 0 bridgehead atoms. The number of amides is 1. The third kappa shape index (κ3) is 3.38. The molecule has 0 radical (unpaired) electrons. The number of benzene rings is 2. The van der Waals surface area contributed by atoms with Gasteiger partial charge in [0.05, 0.1) is 16.7 Å². The Morgan fingerprint density at radius 3 is 2.60 bits per heavy atom. The molecule has 4 rings (SSSR count). The summed E-state index contributed by atoms with van der Waals surface area (Å²) in [4.78, 5) is 20.5. The molecule has 3 aromatic rings. The molecule has 2 aromatic carbocycles. The molecule has 1 saturated heterocycles. The van der Waals surface area contributed by atoms with E-state index in [1.54, 1.807) is 0 Å². The van der Waals surface area contributed by atoms with Crippen LogP contribution in [0.3, 0.4) is 0 Å². The number of halogens is 1. The number of hydrogen-bond acceptors (Lipinski definition) is 3. The van der Waals surface area contributed by atoms with Gasteiger partial charge in [-0.25, -0.2) is 4.98 Å².